The van der Waals surface area contributed by atoms with Gasteiger partial charge in [-0.25, -0.2) is 4.98 Å². The van der Waals surface area contributed by atoms with Crippen LogP contribution in [0, 0.1) is 20.8 Å². The standard InChI is InChI=1S/C18H26N2O2S/c1-12-8-6-7-9-16(12)22-11-15(21)10-19-18(4,5)17-20-13(2)14(3)23-17/h6-9,15,19,21H,10-11H2,1-5H3. The minimum Gasteiger partial charge on any atom is -0.491 e. The molecule has 0 saturated heterocycles. The molecule has 5 heteroatoms. The van der Waals surface area contributed by atoms with E-state index in [0.717, 1.165) is 22.0 Å². The van der Waals surface area contributed by atoms with Crippen molar-refractivity contribution in [2.75, 3.05) is 13.2 Å². The van der Waals surface area contributed by atoms with Gasteiger partial charge in [0.05, 0.1) is 11.2 Å². The molecule has 2 rings (SSSR count). The molecule has 2 N–H and O–H groups in total. The van der Waals surface area contributed by atoms with E-state index in [9.17, 15) is 5.11 Å². The summed E-state index contributed by atoms with van der Waals surface area (Å²) in [5.41, 5.74) is 1.87. The molecule has 0 spiro atoms. The first-order valence-corrected chi connectivity index (χ1v) is 8.67. The Labute approximate surface area is 142 Å². The number of hydrogen-bond donors (Lipinski definition) is 2. The number of para-hydroxylation sites is 1. The van der Waals surface area contributed by atoms with Crippen molar-refractivity contribution >= 4 is 11.3 Å². The quantitative estimate of drug-likeness (QED) is 0.815. The Morgan fingerprint density at radius 2 is 1.96 bits per heavy atom. The summed E-state index contributed by atoms with van der Waals surface area (Å²) in [5.74, 6) is 0.817. The molecule has 0 amide bonds. The first-order valence-electron chi connectivity index (χ1n) is 7.85. The molecular weight excluding hydrogens is 308 g/mol. The zero-order chi connectivity index (χ0) is 17.0. The summed E-state index contributed by atoms with van der Waals surface area (Å²) in [5, 5.41) is 14.6. The minimum absolute atomic E-state index is 0.268. The van der Waals surface area contributed by atoms with Crippen LogP contribution in [0.5, 0.6) is 5.75 Å². The molecule has 0 saturated carbocycles. The van der Waals surface area contributed by atoms with Gasteiger partial charge in [-0.05, 0) is 46.2 Å². The van der Waals surface area contributed by atoms with Crippen LogP contribution in [0.25, 0.3) is 0 Å². The van der Waals surface area contributed by atoms with E-state index in [2.05, 4.69) is 31.1 Å². The van der Waals surface area contributed by atoms with Gasteiger partial charge < -0.3 is 15.2 Å². The Morgan fingerprint density at radius 3 is 2.57 bits per heavy atom. The highest BCUT2D eigenvalue weighted by atomic mass is 32.1. The van der Waals surface area contributed by atoms with Crippen molar-refractivity contribution in [1.82, 2.24) is 10.3 Å². The van der Waals surface area contributed by atoms with Crippen LogP contribution in [-0.4, -0.2) is 29.3 Å². The molecule has 0 fully saturated rings. The van der Waals surface area contributed by atoms with Gasteiger partial charge >= 0.3 is 0 Å². The second-order valence-corrected chi connectivity index (χ2v) is 7.60. The van der Waals surface area contributed by atoms with Crippen LogP contribution in [0.15, 0.2) is 24.3 Å². The number of aromatic nitrogens is 1. The molecule has 126 valence electrons. The van der Waals surface area contributed by atoms with E-state index in [4.69, 9.17) is 4.74 Å². The van der Waals surface area contributed by atoms with E-state index in [1.807, 2.05) is 38.1 Å². The van der Waals surface area contributed by atoms with Crippen molar-refractivity contribution in [2.45, 2.75) is 46.3 Å². The van der Waals surface area contributed by atoms with E-state index in [-0.39, 0.29) is 12.1 Å². The van der Waals surface area contributed by atoms with E-state index in [1.54, 1.807) is 11.3 Å². The summed E-state index contributed by atoms with van der Waals surface area (Å²) in [7, 11) is 0. The molecule has 1 heterocycles. The molecular formula is C18H26N2O2S. The molecule has 1 unspecified atom stereocenters. The molecule has 0 bridgehead atoms. The third-order valence-electron chi connectivity index (χ3n) is 3.87. The van der Waals surface area contributed by atoms with Gasteiger partial charge in [0.25, 0.3) is 0 Å². The molecule has 0 aliphatic heterocycles. The van der Waals surface area contributed by atoms with Crippen molar-refractivity contribution in [1.29, 1.82) is 0 Å². The van der Waals surface area contributed by atoms with Crippen molar-refractivity contribution < 1.29 is 9.84 Å². The van der Waals surface area contributed by atoms with Gasteiger partial charge in [0, 0.05) is 11.4 Å². The summed E-state index contributed by atoms with van der Waals surface area (Å²) in [6, 6.07) is 7.82. The Balaban J connectivity index is 1.86. The number of thiazole rings is 1. The highest BCUT2D eigenvalue weighted by Gasteiger charge is 2.25. The number of rotatable bonds is 7. The van der Waals surface area contributed by atoms with Crippen molar-refractivity contribution in [3.63, 3.8) is 0 Å². The van der Waals surface area contributed by atoms with Crippen LogP contribution in [0.1, 0.15) is 35.0 Å². The van der Waals surface area contributed by atoms with Gasteiger partial charge in [0.2, 0.25) is 0 Å². The molecule has 1 aromatic heterocycles. The summed E-state index contributed by atoms with van der Waals surface area (Å²) in [6.07, 6.45) is -0.573. The first kappa shape index (κ1) is 17.9. The number of aliphatic hydroxyl groups is 1. The number of hydrogen-bond acceptors (Lipinski definition) is 5. The molecule has 0 radical (unpaired) electrons. The van der Waals surface area contributed by atoms with Crippen LogP contribution in [-0.2, 0) is 5.54 Å². The van der Waals surface area contributed by atoms with Gasteiger partial charge in [0.15, 0.2) is 0 Å². The number of benzene rings is 1. The van der Waals surface area contributed by atoms with Crippen molar-refractivity contribution in [3.8, 4) is 5.75 Å². The van der Waals surface area contributed by atoms with Gasteiger partial charge in [-0.3, -0.25) is 0 Å². The normalized spacial score (nSPS) is 13.1. The molecule has 1 atom stereocenters. The topological polar surface area (TPSA) is 54.4 Å². The van der Waals surface area contributed by atoms with Crippen LogP contribution >= 0.6 is 11.3 Å². The van der Waals surface area contributed by atoms with Gasteiger partial charge in [0.1, 0.15) is 23.5 Å². The lowest BCUT2D eigenvalue weighted by Gasteiger charge is -2.25. The number of ether oxygens (including phenoxy) is 1. The molecule has 4 nitrogen and oxygen atoms in total. The molecule has 23 heavy (non-hydrogen) atoms. The zero-order valence-corrected chi connectivity index (χ0v) is 15.3. The maximum absolute atomic E-state index is 10.2. The second kappa shape index (κ2) is 7.43. The lowest BCUT2D eigenvalue weighted by atomic mass is 10.1. The molecule has 2 aromatic rings. The Bertz CT molecular complexity index is 633. The van der Waals surface area contributed by atoms with E-state index in [0.29, 0.717) is 6.54 Å². The fourth-order valence-corrected chi connectivity index (χ4v) is 3.15. The van der Waals surface area contributed by atoms with Crippen LogP contribution in [0.3, 0.4) is 0 Å². The number of aryl methyl sites for hydroxylation is 3. The maximum atomic E-state index is 10.2. The summed E-state index contributed by atoms with van der Waals surface area (Å²) >= 11 is 1.70. The fraction of sp³-hybridized carbons (Fsp3) is 0.500. The van der Waals surface area contributed by atoms with E-state index >= 15 is 0 Å². The van der Waals surface area contributed by atoms with Gasteiger partial charge in [-0.2, -0.15) is 0 Å². The van der Waals surface area contributed by atoms with Crippen LogP contribution in [0.2, 0.25) is 0 Å². The maximum Gasteiger partial charge on any atom is 0.122 e. The highest BCUT2D eigenvalue weighted by molar-refractivity contribution is 7.11. The van der Waals surface area contributed by atoms with E-state index < -0.39 is 6.10 Å². The second-order valence-electron chi connectivity index (χ2n) is 6.40. The van der Waals surface area contributed by atoms with Gasteiger partial charge in [-0.15, -0.1) is 11.3 Å². The average Bonchev–Trinajstić information content (AvgIpc) is 2.85. The largest absolute Gasteiger partial charge is 0.491 e. The SMILES string of the molecule is Cc1ccccc1OCC(O)CNC(C)(C)c1nc(C)c(C)s1. The Morgan fingerprint density at radius 1 is 1.26 bits per heavy atom. The summed E-state index contributed by atoms with van der Waals surface area (Å²) in [6.45, 7) is 11.0. The van der Waals surface area contributed by atoms with Crippen LogP contribution in [0.4, 0.5) is 0 Å². The predicted molar refractivity (Wildman–Crippen MR) is 95.3 cm³/mol. The Kier molecular flexibility index (Phi) is 5.79. The lowest BCUT2D eigenvalue weighted by Crippen LogP contribution is -2.42. The Hall–Kier alpha value is -1.43. The monoisotopic (exact) mass is 334 g/mol. The minimum atomic E-state index is -0.573. The molecule has 1 aromatic carbocycles. The molecule has 0 aliphatic carbocycles. The van der Waals surface area contributed by atoms with Gasteiger partial charge in [-0.1, -0.05) is 18.2 Å². The fourth-order valence-electron chi connectivity index (χ4n) is 2.15. The predicted octanol–water partition coefficient (Wildman–Crippen LogP) is 3.33. The smallest absolute Gasteiger partial charge is 0.122 e. The number of aliphatic hydroxyl groups excluding tert-OH is 1. The van der Waals surface area contributed by atoms with E-state index in [1.165, 1.54) is 4.88 Å². The van der Waals surface area contributed by atoms with Crippen molar-refractivity contribution in [2.24, 2.45) is 0 Å². The number of nitrogens with zero attached hydrogens (tertiary/aromatic N) is 1. The summed E-state index contributed by atoms with van der Waals surface area (Å²) in [4.78, 5) is 5.84. The first-order chi connectivity index (χ1) is 10.8. The average molecular weight is 334 g/mol. The third-order valence-corrected chi connectivity index (χ3v) is 5.26. The molecule has 0 aliphatic rings. The summed E-state index contributed by atoms with van der Waals surface area (Å²) < 4.78 is 5.69. The highest BCUT2D eigenvalue weighted by Crippen LogP contribution is 2.27. The van der Waals surface area contributed by atoms with Crippen molar-refractivity contribution in [3.05, 3.63) is 45.4 Å². The zero-order valence-electron chi connectivity index (χ0n) is 14.5. The third kappa shape index (κ3) is 4.77. The lowest BCUT2D eigenvalue weighted by molar-refractivity contribution is 0.0984. The van der Waals surface area contributed by atoms with Crippen LogP contribution < -0.4 is 10.1 Å². The number of nitrogens with one attached hydrogen (secondary N) is 1.